The zero-order valence-electron chi connectivity index (χ0n) is 8.14. The van der Waals surface area contributed by atoms with E-state index in [0.29, 0.717) is 5.69 Å². The molecule has 6 nitrogen and oxygen atoms in total. The number of hydrogen-bond acceptors (Lipinski definition) is 5. The van der Waals surface area contributed by atoms with Crippen LogP contribution in [0.5, 0.6) is 5.88 Å². The number of nitrogens with zero attached hydrogens (tertiary/aromatic N) is 2. The van der Waals surface area contributed by atoms with Crippen LogP contribution in [0, 0.1) is 6.92 Å². The van der Waals surface area contributed by atoms with E-state index < -0.39 is 5.97 Å². The Bertz CT molecular complexity index is 532. The minimum Gasteiger partial charge on any atom is -0.478 e. The van der Waals surface area contributed by atoms with Gasteiger partial charge in [0.2, 0.25) is 0 Å². The summed E-state index contributed by atoms with van der Waals surface area (Å²) >= 11 is 0. The molecule has 0 amide bonds. The van der Waals surface area contributed by atoms with E-state index in [-0.39, 0.29) is 22.5 Å². The Morgan fingerprint density at radius 3 is 2.93 bits per heavy atom. The molecule has 0 aliphatic carbocycles. The third-order valence-corrected chi connectivity index (χ3v) is 1.97. The van der Waals surface area contributed by atoms with Crippen molar-refractivity contribution in [1.82, 2.24) is 10.1 Å². The van der Waals surface area contributed by atoms with Gasteiger partial charge < -0.3 is 14.4 Å². The average molecular weight is 208 g/mol. The minimum atomic E-state index is -1.06. The molecular formula is C9H8N2O4. The molecule has 2 aromatic heterocycles. The number of rotatable bonds is 2. The Balaban J connectivity index is 2.85. The molecule has 0 unspecified atom stereocenters. The highest BCUT2D eigenvalue weighted by molar-refractivity contribution is 6.03. The second-order valence-corrected chi connectivity index (χ2v) is 2.99. The van der Waals surface area contributed by atoms with E-state index in [0.717, 1.165) is 0 Å². The van der Waals surface area contributed by atoms with Crippen LogP contribution in [0.25, 0.3) is 11.1 Å². The summed E-state index contributed by atoms with van der Waals surface area (Å²) in [5, 5.41) is 12.9. The van der Waals surface area contributed by atoms with Crippen LogP contribution in [0.15, 0.2) is 10.6 Å². The number of aryl methyl sites for hydroxylation is 1. The van der Waals surface area contributed by atoms with E-state index in [2.05, 4.69) is 10.1 Å². The zero-order chi connectivity index (χ0) is 11.0. The Labute approximate surface area is 84.5 Å². The number of carboxylic acid groups (broad SMARTS) is 1. The minimum absolute atomic E-state index is 0.0793. The summed E-state index contributed by atoms with van der Waals surface area (Å²) in [5.41, 5.74) is 0.804. The molecule has 0 aliphatic heterocycles. The smallest absolute Gasteiger partial charge is 0.336 e. The predicted octanol–water partition coefficient (Wildman–Crippen LogP) is 1.24. The second kappa shape index (κ2) is 3.23. The van der Waals surface area contributed by atoms with Crippen LogP contribution in [-0.4, -0.2) is 28.3 Å². The summed E-state index contributed by atoms with van der Waals surface area (Å²) in [5.74, 6) is -0.929. The number of pyridine rings is 1. The fraction of sp³-hybridized carbons (Fsp3) is 0.222. The first-order chi connectivity index (χ1) is 7.13. The highest BCUT2D eigenvalue weighted by Gasteiger charge is 2.19. The van der Waals surface area contributed by atoms with Crippen molar-refractivity contribution >= 4 is 17.1 Å². The number of hydrogen-bond donors (Lipinski definition) is 1. The summed E-state index contributed by atoms with van der Waals surface area (Å²) in [6.07, 6.45) is 0. The maximum absolute atomic E-state index is 11.0. The van der Waals surface area contributed by atoms with Crippen molar-refractivity contribution in [3.8, 4) is 5.88 Å². The predicted molar refractivity (Wildman–Crippen MR) is 50.1 cm³/mol. The fourth-order valence-electron chi connectivity index (χ4n) is 1.36. The lowest BCUT2D eigenvalue weighted by atomic mass is 10.1. The summed E-state index contributed by atoms with van der Waals surface area (Å²) in [4.78, 5) is 15.0. The van der Waals surface area contributed by atoms with E-state index in [1.165, 1.54) is 13.2 Å². The average Bonchev–Trinajstić information content (AvgIpc) is 2.58. The maximum Gasteiger partial charge on any atom is 0.336 e. The Kier molecular flexibility index (Phi) is 2.03. The molecule has 2 heterocycles. The van der Waals surface area contributed by atoms with Crippen LogP contribution < -0.4 is 4.74 Å². The first-order valence-electron chi connectivity index (χ1n) is 4.17. The molecule has 2 rings (SSSR count). The lowest BCUT2D eigenvalue weighted by Crippen LogP contribution is -2.00. The van der Waals surface area contributed by atoms with Gasteiger partial charge in [0.05, 0.1) is 12.7 Å². The highest BCUT2D eigenvalue weighted by atomic mass is 16.5. The molecule has 15 heavy (non-hydrogen) atoms. The summed E-state index contributed by atoms with van der Waals surface area (Å²) < 4.78 is 9.75. The molecular weight excluding hydrogens is 200 g/mol. The second-order valence-electron chi connectivity index (χ2n) is 2.99. The molecule has 0 aromatic carbocycles. The summed E-state index contributed by atoms with van der Waals surface area (Å²) in [6.45, 7) is 1.68. The Morgan fingerprint density at radius 1 is 1.60 bits per heavy atom. The molecule has 78 valence electrons. The van der Waals surface area contributed by atoms with Gasteiger partial charge in [-0.1, -0.05) is 0 Å². The molecule has 0 radical (unpaired) electrons. The number of ether oxygens (including phenoxy) is 1. The third kappa shape index (κ3) is 1.39. The first-order valence-corrected chi connectivity index (χ1v) is 4.17. The van der Waals surface area contributed by atoms with Gasteiger partial charge in [-0.15, -0.1) is 0 Å². The number of aromatic carboxylic acids is 1. The largest absolute Gasteiger partial charge is 0.478 e. The van der Waals surface area contributed by atoms with E-state index >= 15 is 0 Å². The number of fused-ring (bicyclic) bond motifs is 1. The molecule has 6 heteroatoms. The number of aromatic nitrogens is 2. The number of carboxylic acids is 1. The Morgan fingerprint density at radius 2 is 2.33 bits per heavy atom. The fourth-order valence-corrected chi connectivity index (χ4v) is 1.36. The van der Waals surface area contributed by atoms with Crippen LogP contribution in [0.1, 0.15) is 16.1 Å². The van der Waals surface area contributed by atoms with Crippen LogP contribution in [-0.2, 0) is 0 Å². The van der Waals surface area contributed by atoms with Gasteiger partial charge in [-0.2, -0.15) is 0 Å². The molecule has 0 saturated heterocycles. The highest BCUT2D eigenvalue weighted by Crippen LogP contribution is 2.27. The third-order valence-electron chi connectivity index (χ3n) is 1.97. The number of carbonyl (C=O) groups is 1. The van der Waals surface area contributed by atoms with Crippen molar-refractivity contribution in [2.24, 2.45) is 0 Å². The van der Waals surface area contributed by atoms with Crippen molar-refractivity contribution in [3.63, 3.8) is 0 Å². The molecule has 0 aliphatic rings. The molecule has 2 aromatic rings. The molecule has 0 bridgehead atoms. The standard InChI is InChI=1S/C9H8N2O4/c1-4-3-5(9(12)13)6-7(10-4)15-11-8(6)14-2/h3H,1-2H3,(H,12,13). The van der Waals surface area contributed by atoms with Crippen molar-refractivity contribution in [2.75, 3.05) is 7.11 Å². The normalized spacial score (nSPS) is 10.5. The zero-order valence-corrected chi connectivity index (χ0v) is 8.14. The van der Waals surface area contributed by atoms with Crippen LogP contribution in [0.4, 0.5) is 0 Å². The van der Waals surface area contributed by atoms with Gasteiger partial charge in [0.25, 0.3) is 11.6 Å². The molecule has 0 spiro atoms. The van der Waals surface area contributed by atoms with E-state index in [9.17, 15) is 4.79 Å². The van der Waals surface area contributed by atoms with Crippen LogP contribution in [0.2, 0.25) is 0 Å². The van der Waals surface area contributed by atoms with Crippen LogP contribution in [0.3, 0.4) is 0 Å². The quantitative estimate of drug-likeness (QED) is 0.798. The number of methoxy groups -OCH3 is 1. The first kappa shape index (κ1) is 9.45. The monoisotopic (exact) mass is 208 g/mol. The Hall–Kier alpha value is -2.11. The molecule has 0 atom stereocenters. The van der Waals surface area contributed by atoms with Gasteiger partial charge in [-0.25, -0.2) is 9.78 Å². The van der Waals surface area contributed by atoms with E-state index in [1.54, 1.807) is 6.92 Å². The van der Waals surface area contributed by atoms with Gasteiger partial charge >= 0.3 is 5.97 Å². The van der Waals surface area contributed by atoms with Crippen molar-refractivity contribution in [1.29, 1.82) is 0 Å². The topological polar surface area (TPSA) is 85.5 Å². The molecule has 0 saturated carbocycles. The van der Waals surface area contributed by atoms with Gasteiger partial charge in [-0.05, 0) is 18.1 Å². The summed E-state index contributed by atoms with van der Waals surface area (Å²) in [6, 6.07) is 1.45. The van der Waals surface area contributed by atoms with Crippen molar-refractivity contribution in [2.45, 2.75) is 6.92 Å². The van der Waals surface area contributed by atoms with Gasteiger partial charge in [-0.3, -0.25) is 0 Å². The van der Waals surface area contributed by atoms with E-state index in [4.69, 9.17) is 14.4 Å². The molecule has 1 N–H and O–H groups in total. The van der Waals surface area contributed by atoms with Gasteiger partial charge in [0.1, 0.15) is 5.39 Å². The van der Waals surface area contributed by atoms with Crippen molar-refractivity contribution < 1.29 is 19.2 Å². The lowest BCUT2D eigenvalue weighted by Gasteiger charge is -1.98. The SMILES string of the molecule is COc1noc2nc(C)cc(C(=O)O)c12. The van der Waals surface area contributed by atoms with Gasteiger partial charge in [0, 0.05) is 5.69 Å². The lowest BCUT2D eigenvalue weighted by molar-refractivity contribution is 0.0698. The van der Waals surface area contributed by atoms with E-state index in [1.807, 2.05) is 0 Å². The molecule has 0 fully saturated rings. The van der Waals surface area contributed by atoms with Gasteiger partial charge in [0.15, 0.2) is 0 Å². The van der Waals surface area contributed by atoms with Crippen molar-refractivity contribution in [3.05, 3.63) is 17.3 Å². The van der Waals surface area contributed by atoms with Crippen LogP contribution >= 0.6 is 0 Å². The summed E-state index contributed by atoms with van der Waals surface area (Å²) in [7, 11) is 1.39. The maximum atomic E-state index is 11.0.